The summed E-state index contributed by atoms with van der Waals surface area (Å²) in [6, 6.07) is 16.7. The molecule has 7 heteroatoms. The summed E-state index contributed by atoms with van der Waals surface area (Å²) < 4.78 is 13.6. The third-order valence-electron chi connectivity index (χ3n) is 5.35. The Morgan fingerprint density at radius 2 is 1.77 bits per heavy atom. The van der Waals surface area contributed by atoms with Gasteiger partial charge in [0.1, 0.15) is 5.65 Å². The van der Waals surface area contributed by atoms with Crippen molar-refractivity contribution in [2.75, 3.05) is 6.79 Å². The second-order valence-corrected chi connectivity index (χ2v) is 7.25. The zero-order valence-electron chi connectivity index (χ0n) is 16.4. The lowest BCUT2D eigenvalue weighted by molar-refractivity contribution is 0.174. The molecular weight excluding hydrogens is 382 g/mol. The summed E-state index contributed by atoms with van der Waals surface area (Å²) in [5.74, 6) is 1.27. The maximum atomic E-state index is 13.4. The van der Waals surface area contributed by atoms with E-state index in [1.54, 1.807) is 35.0 Å². The SMILES string of the molecule is Cc1ccccc1Cn1c(=O)n(Cc2ccc3c(c2)OCO3)c(=O)c2cccnc21. The summed E-state index contributed by atoms with van der Waals surface area (Å²) in [4.78, 5) is 30.8. The first-order chi connectivity index (χ1) is 14.6. The first-order valence-corrected chi connectivity index (χ1v) is 9.63. The van der Waals surface area contributed by atoms with Crippen LogP contribution in [0.15, 0.2) is 70.4 Å². The molecule has 0 saturated carbocycles. The van der Waals surface area contributed by atoms with Crippen molar-refractivity contribution in [1.82, 2.24) is 14.1 Å². The van der Waals surface area contributed by atoms with E-state index in [9.17, 15) is 9.59 Å². The summed E-state index contributed by atoms with van der Waals surface area (Å²) in [6.45, 7) is 2.63. The molecule has 0 N–H and O–H groups in total. The highest BCUT2D eigenvalue weighted by atomic mass is 16.7. The van der Waals surface area contributed by atoms with E-state index in [1.165, 1.54) is 4.57 Å². The number of ether oxygens (including phenoxy) is 2. The minimum absolute atomic E-state index is 0.132. The summed E-state index contributed by atoms with van der Waals surface area (Å²) in [7, 11) is 0. The van der Waals surface area contributed by atoms with Gasteiger partial charge >= 0.3 is 5.69 Å². The topological polar surface area (TPSA) is 75.3 Å². The monoisotopic (exact) mass is 401 g/mol. The maximum absolute atomic E-state index is 13.4. The number of benzene rings is 2. The zero-order valence-corrected chi connectivity index (χ0v) is 16.4. The van der Waals surface area contributed by atoms with Crippen LogP contribution in [0, 0.1) is 6.92 Å². The average Bonchev–Trinajstić information content (AvgIpc) is 3.23. The van der Waals surface area contributed by atoms with Gasteiger partial charge in [-0.05, 0) is 47.9 Å². The van der Waals surface area contributed by atoms with E-state index in [4.69, 9.17) is 9.47 Å². The number of aromatic nitrogens is 3. The summed E-state index contributed by atoms with van der Waals surface area (Å²) in [5.41, 5.74) is 2.48. The molecule has 0 spiro atoms. The number of nitrogens with zero attached hydrogens (tertiary/aromatic N) is 3. The number of rotatable bonds is 4. The van der Waals surface area contributed by atoms with Gasteiger partial charge in [0, 0.05) is 6.20 Å². The molecule has 5 rings (SSSR count). The van der Waals surface area contributed by atoms with Crippen molar-refractivity contribution in [2.24, 2.45) is 0 Å². The van der Waals surface area contributed by atoms with Crippen LogP contribution >= 0.6 is 0 Å². The first-order valence-electron chi connectivity index (χ1n) is 9.63. The molecule has 30 heavy (non-hydrogen) atoms. The fraction of sp³-hybridized carbons (Fsp3) is 0.174. The molecule has 2 aromatic heterocycles. The van der Waals surface area contributed by atoms with Gasteiger partial charge in [0.15, 0.2) is 11.5 Å². The summed E-state index contributed by atoms with van der Waals surface area (Å²) >= 11 is 0. The van der Waals surface area contributed by atoms with Crippen LogP contribution in [-0.4, -0.2) is 20.9 Å². The van der Waals surface area contributed by atoms with Crippen LogP contribution in [-0.2, 0) is 13.1 Å². The number of aryl methyl sites for hydroxylation is 1. The van der Waals surface area contributed by atoms with Crippen LogP contribution in [0.3, 0.4) is 0 Å². The van der Waals surface area contributed by atoms with E-state index in [1.807, 2.05) is 37.3 Å². The Kier molecular flexibility index (Phi) is 4.35. The van der Waals surface area contributed by atoms with Crippen molar-refractivity contribution in [2.45, 2.75) is 20.0 Å². The third-order valence-corrected chi connectivity index (χ3v) is 5.35. The lowest BCUT2D eigenvalue weighted by Crippen LogP contribution is -2.40. The first kappa shape index (κ1) is 18.2. The Bertz CT molecular complexity index is 1390. The fourth-order valence-corrected chi connectivity index (χ4v) is 3.71. The Balaban J connectivity index is 1.66. The Morgan fingerprint density at radius 1 is 0.933 bits per heavy atom. The minimum atomic E-state index is -0.396. The highest BCUT2D eigenvalue weighted by Crippen LogP contribution is 2.32. The molecule has 1 aliphatic rings. The quantitative estimate of drug-likeness (QED) is 0.526. The van der Waals surface area contributed by atoms with Crippen LogP contribution < -0.4 is 20.7 Å². The van der Waals surface area contributed by atoms with Crippen molar-refractivity contribution >= 4 is 11.0 Å². The second-order valence-electron chi connectivity index (χ2n) is 7.25. The number of fused-ring (bicyclic) bond motifs is 2. The lowest BCUT2D eigenvalue weighted by atomic mass is 10.1. The van der Waals surface area contributed by atoms with E-state index >= 15 is 0 Å². The van der Waals surface area contributed by atoms with Crippen LogP contribution in [0.25, 0.3) is 11.0 Å². The van der Waals surface area contributed by atoms with Gasteiger partial charge < -0.3 is 9.47 Å². The van der Waals surface area contributed by atoms with Gasteiger partial charge in [-0.3, -0.25) is 13.9 Å². The Morgan fingerprint density at radius 3 is 2.63 bits per heavy atom. The van der Waals surface area contributed by atoms with Gasteiger partial charge in [-0.2, -0.15) is 0 Å². The van der Waals surface area contributed by atoms with Crippen molar-refractivity contribution < 1.29 is 9.47 Å². The van der Waals surface area contributed by atoms with E-state index < -0.39 is 5.69 Å². The van der Waals surface area contributed by atoms with Crippen molar-refractivity contribution in [1.29, 1.82) is 0 Å². The normalized spacial score (nSPS) is 12.4. The predicted octanol–water partition coefficient (Wildman–Crippen LogP) is 2.69. The molecule has 3 heterocycles. The Labute approximate surface area is 171 Å². The standard InChI is InChI=1S/C23H19N3O4/c1-15-5-2-3-6-17(15)13-25-21-18(7-4-10-24-21)22(27)26(23(25)28)12-16-8-9-19-20(11-16)30-14-29-19/h2-11H,12-14H2,1H3. The molecule has 1 aliphatic heterocycles. The Hall–Kier alpha value is -3.87. The van der Waals surface area contributed by atoms with Crippen molar-refractivity contribution in [3.8, 4) is 11.5 Å². The van der Waals surface area contributed by atoms with Crippen molar-refractivity contribution in [3.05, 3.63) is 98.3 Å². The van der Waals surface area contributed by atoms with Gasteiger partial charge in [-0.1, -0.05) is 30.3 Å². The highest BCUT2D eigenvalue weighted by molar-refractivity contribution is 5.73. The van der Waals surface area contributed by atoms with Crippen molar-refractivity contribution in [3.63, 3.8) is 0 Å². The molecule has 7 nitrogen and oxygen atoms in total. The number of pyridine rings is 1. The molecule has 0 bridgehead atoms. The van der Waals surface area contributed by atoms with Gasteiger partial charge in [0.25, 0.3) is 5.56 Å². The van der Waals surface area contributed by atoms with Crippen LogP contribution in [0.4, 0.5) is 0 Å². The fourth-order valence-electron chi connectivity index (χ4n) is 3.71. The molecule has 4 aromatic rings. The molecule has 0 unspecified atom stereocenters. The van der Waals surface area contributed by atoms with E-state index in [2.05, 4.69) is 4.98 Å². The zero-order chi connectivity index (χ0) is 20.7. The third kappa shape index (κ3) is 3.04. The smallest absolute Gasteiger partial charge is 0.333 e. The summed E-state index contributed by atoms with van der Waals surface area (Å²) in [5, 5.41) is 0.409. The molecular formula is C23H19N3O4. The van der Waals surface area contributed by atoms with E-state index in [-0.39, 0.29) is 18.9 Å². The van der Waals surface area contributed by atoms with E-state index in [0.29, 0.717) is 29.1 Å². The average molecular weight is 401 g/mol. The molecule has 0 amide bonds. The molecule has 0 atom stereocenters. The molecule has 2 aromatic carbocycles. The molecule has 0 aliphatic carbocycles. The lowest BCUT2D eigenvalue weighted by Gasteiger charge is -2.14. The van der Waals surface area contributed by atoms with E-state index in [0.717, 1.165) is 16.7 Å². The maximum Gasteiger partial charge on any atom is 0.333 e. The largest absolute Gasteiger partial charge is 0.454 e. The van der Waals surface area contributed by atoms with Gasteiger partial charge in [-0.15, -0.1) is 0 Å². The highest BCUT2D eigenvalue weighted by Gasteiger charge is 2.17. The number of hydrogen-bond donors (Lipinski definition) is 0. The summed E-state index contributed by atoms with van der Waals surface area (Å²) in [6.07, 6.45) is 1.59. The van der Waals surface area contributed by atoms with Gasteiger partial charge in [-0.25, -0.2) is 9.78 Å². The minimum Gasteiger partial charge on any atom is -0.454 e. The van der Waals surface area contributed by atoms with Crippen LogP contribution in [0.2, 0.25) is 0 Å². The second kappa shape index (κ2) is 7.18. The molecule has 0 radical (unpaired) electrons. The molecule has 0 saturated heterocycles. The van der Waals surface area contributed by atoms with Crippen LogP contribution in [0.5, 0.6) is 11.5 Å². The number of hydrogen-bond acceptors (Lipinski definition) is 5. The van der Waals surface area contributed by atoms with Gasteiger partial charge in [0.05, 0.1) is 18.5 Å². The molecule has 0 fully saturated rings. The van der Waals surface area contributed by atoms with Gasteiger partial charge in [0.2, 0.25) is 6.79 Å². The van der Waals surface area contributed by atoms with Crippen LogP contribution in [0.1, 0.15) is 16.7 Å². The predicted molar refractivity (Wildman–Crippen MR) is 112 cm³/mol. The molecule has 150 valence electrons.